The molecule has 0 aromatic heterocycles. The average molecular weight is 205 g/mol. The molecule has 2 unspecified atom stereocenters. The van der Waals surface area contributed by atoms with Crippen LogP contribution in [0, 0.1) is 0 Å². The van der Waals surface area contributed by atoms with Crippen molar-refractivity contribution < 1.29 is 9.47 Å². The molecule has 1 aromatic carbocycles. The van der Waals surface area contributed by atoms with Crippen LogP contribution in [0.2, 0.25) is 0 Å². The fraction of sp³-hybridized carbons (Fsp3) is 0.500. The van der Waals surface area contributed by atoms with Gasteiger partial charge in [0.05, 0.1) is 0 Å². The van der Waals surface area contributed by atoms with Gasteiger partial charge in [0.1, 0.15) is 0 Å². The van der Waals surface area contributed by atoms with Crippen molar-refractivity contribution in [3.8, 4) is 11.5 Å². The van der Waals surface area contributed by atoms with Gasteiger partial charge in [-0.25, -0.2) is 0 Å². The molecule has 3 rings (SSSR count). The van der Waals surface area contributed by atoms with Crippen LogP contribution in [0.5, 0.6) is 11.5 Å². The number of rotatable bonds is 0. The summed E-state index contributed by atoms with van der Waals surface area (Å²) in [4.78, 5) is 0. The molecule has 0 aliphatic carbocycles. The summed E-state index contributed by atoms with van der Waals surface area (Å²) in [6, 6.07) is 5.18. The van der Waals surface area contributed by atoms with Crippen LogP contribution in [0.25, 0.3) is 0 Å². The van der Waals surface area contributed by atoms with Crippen LogP contribution < -0.4 is 14.8 Å². The van der Waals surface area contributed by atoms with Crippen molar-refractivity contribution in [3.63, 3.8) is 0 Å². The standard InChI is InChI=1S/C12H15NO2/c1-7-3-9-4-11-12(15-6-14-11)5-10(9)8(2)13-7/h4-5,7-8,13H,3,6H2,1-2H3. The smallest absolute Gasteiger partial charge is 0.231 e. The lowest BCUT2D eigenvalue weighted by Crippen LogP contribution is -2.35. The SMILES string of the molecule is CC1Cc2cc3c(cc2C(C)N1)OCO3. The summed E-state index contributed by atoms with van der Waals surface area (Å²) in [7, 11) is 0. The Hall–Kier alpha value is -1.22. The first-order chi connectivity index (χ1) is 7.24. The highest BCUT2D eigenvalue weighted by Crippen LogP contribution is 2.38. The van der Waals surface area contributed by atoms with Crippen molar-refractivity contribution in [1.82, 2.24) is 5.32 Å². The number of hydrogen-bond acceptors (Lipinski definition) is 3. The van der Waals surface area contributed by atoms with E-state index in [2.05, 4.69) is 31.3 Å². The van der Waals surface area contributed by atoms with E-state index in [4.69, 9.17) is 9.47 Å². The Morgan fingerprint density at radius 1 is 1.20 bits per heavy atom. The molecule has 0 bridgehead atoms. The van der Waals surface area contributed by atoms with Gasteiger partial charge in [0.15, 0.2) is 11.5 Å². The first kappa shape index (κ1) is 9.04. The summed E-state index contributed by atoms with van der Waals surface area (Å²) >= 11 is 0. The fourth-order valence-electron chi connectivity index (χ4n) is 2.49. The zero-order valence-electron chi connectivity index (χ0n) is 9.04. The van der Waals surface area contributed by atoms with Crippen molar-refractivity contribution in [1.29, 1.82) is 0 Å². The Balaban J connectivity index is 2.09. The van der Waals surface area contributed by atoms with Crippen LogP contribution in [-0.2, 0) is 6.42 Å². The van der Waals surface area contributed by atoms with Gasteiger partial charge in [0, 0.05) is 12.1 Å². The summed E-state index contributed by atoms with van der Waals surface area (Å²) in [6.45, 7) is 4.76. The van der Waals surface area contributed by atoms with Gasteiger partial charge in [-0.1, -0.05) is 0 Å². The second kappa shape index (κ2) is 3.14. The van der Waals surface area contributed by atoms with Gasteiger partial charge in [0.2, 0.25) is 6.79 Å². The summed E-state index contributed by atoms with van der Waals surface area (Å²) in [6.07, 6.45) is 1.07. The summed E-state index contributed by atoms with van der Waals surface area (Å²) in [5.74, 6) is 1.78. The molecule has 3 nitrogen and oxygen atoms in total. The van der Waals surface area contributed by atoms with Crippen molar-refractivity contribution in [3.05, 3.63) is 23.3 Å². The lowest BCUT2D eigenvalue weighted by Gasteiger charge is -2.29. The molecule has 2 atom stereocenters. The second-order valence-corrected chi connectivity index (χ2v) is 4.40. The van der Waals surface area contributed by atoms with Gasteiger partial charge >= 0.3 is 0 Å². The molecular weight excluding hydrogens is 190 g/mol. The minimum absolute atomic E-state index is 0.357. The summed E-state index contributed by atoms with van der Waals surface area (Å²) < 4.78 is 10.8. The largest absolute Gasteiger partial charge is 0.454 e. The molecule has 1 aromatic rings. The predicted molar refractivity (Wildman–Crippen MR) is 57.3 cm³/mol. The molecule has 80 valence electrons. The molecule has 15 heavy (non-hydrogen) atoms. The highest BCUT2D eigenvalue weighted by atomic mass is 16.7. The Labute approximate surface area is 89.4 Å². The van der Waals surface area contributed by atoms with Gasteiger partial charge in [-0.15, -0.1) is 0 Å². The Kier molecular flexibility index (Phi) is 1.89. The van der Waals surface area contributed by atoms with Crippen LogP contribution >= 0.6 is 0 Å². The third-order valence-corrected chi connectivity index (χ3v) is 3.16. The predicted octanol–water partition coefficient (Wildman–Crippen LogP) is 2.01. The number of hydrogen-bond donors (Lipinski definition) is 1. The maximum atomic E-state index is 5.39. The van der Waals surface area contributed by atoms with Crippen molar-refractivity contribution in [2.24, 2.45) is 0 Å². The minimum Gasteiger partial charge on any atom is -0.454 e. The molecule has 3 heteroatoms. The maximum absolute atomic E-state index is 5.39. The van der Waals surface area contributed by atoms with E-state index in [0.29, 0.717) is 18.9 Å². The van der Waals surface area contributed by atoms with E-state index in [0.717, 1.165) is 17.9 Å². The van der Waals surface area contributed by atoms with Crippen LogP contribution in [0.4, 0.5) is 0 Å². The molecule has 0 fully saturated rings. The normalized spacial score (nSPS) is 27.6. The van der Waals surface area contributed by atoms with Crippen LogP contribution in [0.15, 0.2) is 12.1 Å². The van der Waals surface area contributed by atoms with E-state index in [1.165, 1.54) is 11.1 Å². The zero-order chi connectivity index (χ0) is 10.4. The molecule has 0 amide bonds. The van der Waals surface area contributed by atoms with E-state index >= 15 is 0 Å². The fourth-order valence-corrected chi connectivity index (χ4v) is 2.49. The van der Waals surface area contributed by atoms with Gasteiger partial charge in [0.25, 0.3) is 0 Å². The highest BCUT2D eigenvalue weighted by Gasteiger charge is 2.24. The molecule has 0 saturated heterocycles. The van der Waals surface area contributed by atoms with Crippen LogP contribution in [0.1, 0.15) is 31.0 Å². The van der Waals surface area contributed by atoms with Crippen LogP contribution in [0.3, 0.4) is 0 Å². The van der Waals surface area contributed by atoms with E-state index in [1.807, 2.05) is 0 Å². The van der Waals surface area contributed by atoms with Crippen LogP contribution in [-0.4, -0.2) is 12.8 Å². The van der Waals surface area contributed by atoms with E-state index in [-0.39, 0.29) is 0 Å². The van der Waals surface area contributed by atoms with Gasteiger partial charge in [-0.2, -0.15) is 0 Å². The lowest BCUT2D eigenvalue weighted by atomic mass is 9.91. The lowest BCUT2D eigenvalue weighted by molar-refractivity contribution is 0.174. The number of ether oxygens (including phenoxy) is 2. The minimum atomic E-state index is 0.357. The third-order valence-electron chi connectivity index (χ3n) is 3.16. The van der Waals surface area contributed by atoms with E-state index in [1.54, 1.807) is 0 Å². The second-order valence-electron chi connectivity index (χ2n) is 4.40. The molecule has 2 aliphatic rings. The average Bonchev–Trinajstić information content (AvgIpc) is 2.61. The highest BCUT2D eigenvalue weighted by molar-refractivity contribution is 5.50. The molecule has 2 heterocycles. The zero-order valence-corrected chi connectivity index (χ0v) is 9.04. The molecule has 1 N–H and O–H groups in total. The third kappa shape index (κ3) is 1.38. The topological polar surface area (TPSA) is 30.5 Å². The van der Waals surface area contributed by atoms with Gasteiger partial charge in [-0.05, 0) is 43.5 Å². The monoisotopic (exact) mass is 205 g/mol. The first-order valence-electron chi connectivity index (χ1n) is 5.42. The van der Waals surface area contributed by atoms with Crippen molar-refractivity contribution in [2.45, 2.75) is 32.4 Å². The Morgan fingerprint density at radius 2 is 1.93 bits per heavy atom. The number of benzene rings is 1. The maximum Gasteiger partial charge on any atom is 0.231 e. The number of nitrogens with one attached hydrogen (secondary N) is 1. The molecule has 0 spiro atoms. The van der Waals surface area contributed by atoms with Gasteiger partial charge in [-0.3, -0.25) is 0 Å². The Bertz CT molecular complexity index is 403. The molecule has 0 radical (unpaired) electrons. The molecule has 0 saturated carbocycles. The summed E-state index contributed by atoms with van der Waals surface area (Å²) in [5, 5.41) is 3.53. The van der Waals surface area contributed by atoms with E-state index in [9.17, 15) is 0 Å². The quantitative estimate of drug-likeness (QED) is 0.702. The van der Waals surface area contributed by atoms with E-state index < -0.39 is 0 Å². The summed E-state index contributed by atoms with van der Waals surface area (Å²) in [5.41, 5.74) is 2.73. The Morgan fingerprint density at radius 3 is 2.73 bits per heavy atom. The first-order valence-corrected chi connectivity index (χ1v) is 5.42. The number of fused-ring (bicyclic) bond motifs is 2. The van der Waals surface area contributed by atoms with Crippen molar-refractivity contribution in [2.75, 3.05) is 6.79 Å². The molecular formula is C12H15NO2. The van der Waals surface area contributed by atoms with Gasteiger partial charge < -0.3 is 14.8 Å². The van der Waals surface area contributed by atoms with Crippen molar-refractivity contribution >= 4 is 0 Å². The molecule has 2 aliphatic heterocycles.